The summed E-state index contributed by atoms with van der Waals surface area (Å²) in [5.74, 6) is 0.476. The molecule has 4 heteroatoms. The summed E-state index contributed by atoms with van der Waals surface area (Å²) in [5, 5.41) is 22.2. The molecule has 1 aromatic heterocycles. The summed E-state index contributed by atoms with van der Waals surface area (Å²) in [6.45, 7) is 7.28. The van der Waals surface area contributed by atoms with Gasteiger partial charge < -0.3 is 15.0 Å². The lowest BCUT2D eigenvalue weighted by Gasteiger charge is -2.25. The number of nitrogens with zero attached hydrogens (tertiary/aromatic N) is 2. The molecule has 0 radical (unpaired) electrons. The van der Waals surface area contributed by atoms with Crippen LogP contribution in [-0.2, 0) is 13.6 Å². The topological polar surface area (TPSA) is 61.0 Å². The van der Waals surface area contributed by atoms with E-state index in [0.717, 1.165) is 12.0 Å². The average Bonchev–Trinajstić information content (AvgIpc) is 2.56. The number of nitrogens with one attached hydrogen (secondary N) is 1. The molecule has 0 saturated carbocycles. The van der Waals surface area contributed by atoms with Crippen LogP contribution in [0.1, 0.15) is 38.4 Å². The normalized spacial score (nSPS) is 14.5. The first-order chi connectivity index (χ1) is 8.34. The van der Waals surface area contributed by atoms with Crippen LogP contribution < -0.4 is 5.32 Å². The maximum absolute atomic E-state index is 10.1. The number of rotatable bonds is 6. The first-order valence-electron chi connectivity index (χ1n) is 6.32. The second-order valence-corrected chi connectivity index (χ2v) is 5.65. The van der Waals surface area contributed by atoms with Crippen molar-refractivity contribution in [3.05, 3.63) is 23.5 Å². The Balaban J connectivity index is 2.44. The molecule has 0 amide bonds. The Bertz CT molecular complexity index is 427. The lowest BCUT2D eigenvalue weighted by molar-refractivity contribution is 0.0383. The molecule has 4 nitrogen and oxygen atoms in total. The van der Waals surface area contributed by atoms with Crippen LogP contribution in [0, 0.1) is 17.2 Å². The second-order valence-electron chi connectivity index (χ2n) is 5.65. The number of aryl methyl sites for hydroxylation is 1. The van der Waals surface area contributed by atoms with Gasteiger partial charge in [0.25, 0.3) is 0 Å². The maximum Gasteiger partial charge on any atom is 0.120 e. The Hall–Kier alpha value is -1.31. The van der Waals surface area contributed by atoms with Gasteiger partial charge >= 0.3 is 0 Å². The minimum Gasteiger partial charge on any atom is -0.389 e. The molecule has 0 aromatic carbocycles. The van der Waals surface area contributed by atoms with Gasteiger partial charge in [0.2, 0.25) is 0 Å². The van der Waals surface area contributed by atoms with Crippen molar-refractivity contribution in [3.63, 3.8) is 0 Å². The van der Waals surface area contributed by atoms with E-state index in [-0.39, 0.29) is 0 Å². The molecule has 0 bridgehead atoms. The Labute approximate surface area is 109 Å². The van der Waals surface area contributed by atoms with Crippen LogP contribution in [0.4, 0.5) is 0 Å². The molecule has 0 aliphatic rings. The van der Waals surface area contributed by atoms with Crippen LogP contribution in [0.15, 0.2) is 12.3 Å². The summed E-state index contributed by atoms with van der Waals surface area (Å²) in [4.78, 5) is 0. The fourth-order valence-corrected chi connectivity index (χ4v) is 2.27. The zero-order chi connectivity index (χ0) is 13.8. The quantitative estimate of drug-likeness (QED) is 0.808. The van der Waals surface area contributed by atoms with E-state index < -0.39 is 5.60 Å². The molecule has 0 fully saturated rings. The molecule has 1 heterocycles. The van der Waals surface area contributed by atoms with Crippen molar-refractivity contribution in [2.75, 3.05) is 6.54 Å². The van der Waals surface area contributed by atoms with Gasteiger partial charge in [0.1, 0.15) is 11.8 Å². The van der Waals surface area contributed by atoms with Gasteiger partial charge in [0, 0.05) is 26.3 Å². The van der Waals surface area contributed by atoms with Crippen molar-refractivity contribution in [1.29, 1.82) is 5.26 Å². The summed E-state index contributed by atoms with van der Waals surface area (Å²) >= 11 is 0. The molecule has 1 aromatic rings. The van der Waals surface area contributed by atoms with E-state index in [1.807, 2.05) is 30.8 Å². The van der Waals surface area contributed by atoms with E-state index in [1.165, 1.54) is 0 Å². The molecule has 1 unspecified atom stereocenters. The van der Waals surface area contributed by atoms with Crippen LogP contribution in [-0.4, -0.2) is 21.8 Å². The van der Waals surface area contributed by atoms with E-state index in [9.17, 15) is 5.11 Å². The van der Waals surface area contributed by atoms with Crippen LogP contribution in [0.5, 0.6) is 0 Å². The van der Waals surface area contributed by atoms with Crippen LogP contribution in [0.3, 0.4) is 0 Å². The van der Waals surface area contributed by atoms with Gasteiger partial charge in [0.05, 0.1) is 5.60 Å². The molecule has 0 saturated heterocycles. The molecule has 1 rings (SSSR count). The molecule has 0 aliphatic carbocycles. The van der Waals surface area contributed by atoms with Gasteiger partial charge in [-0.15, -0.1) is 0 Å². The predicted octanol–water partition coefficient (Wildman–Crippen LogP) is 1.78. The van der Waals surface area contributed by atoms with Gasteiger partial charge in [-0.3, -0.25) is 0 Å². The Morgan fingerprint density at radius 3 is 2.72 bits per heavy atom. The summed E-state index contributed by atoms with van der Waals surface area (Å²) in [7, 11) is 1.86. The molecular weight excluding hydrogens is 226 g/mol. The highest BCUT2D eigenvalue weighted by molar-refractivity contribution is 5.28. The van der Waals surface area contributed by atoms with Crippen molar-refractivity contribution in [1.82, 2.24) is 9.88 Å². The highest BCUT2D eigenvalue weighted by Gasteiger charge is 2.21. The highest BCUT2D eigenvalue weighted by atomic mass is 16.3. The lowest BCUT2D eigenvalue weighted by Crippen LogP contribution is -2.38. The van der Waals surface area contributed by atoms with E-state index in [4.69, 9.17) is 5.26 Å². The molecule has 18 heavy (non-hydrogen) atoms. The predicted molar refractivity (Wildman–Crippen MR) is 71.9 cm³/mol. The summed E-state index contributed by atoms with van der Waals surface area (Å²) in [5.41, 5.74) is 1.04. The van der Waals surface area contributed by atoms with E-state index in [0.29, 0.717) is 24.7 Å². The van der Waals surface area contributed by atoms with Crippen molar-refractivity contribution < 1.29 is 5.11 Å². The summed E-state index contributed by atoms with van der Waals surface area (Å²) < 4.78 is 1.81. The van der Waals surface area contributed by atoms with E-state index >= 15 is 0 Å². The standard InChI is InChI=1S/C14H23N3O/c1-11(2)6-14(3,18)10-16-8-12-5-13(7-15)17(4)9-12/h5,9,11,16,18H,6,8,10H2,1-4H3. The smallest absolute Gasteiger partial charge is 0.120 e. The van der Waals surface area contributed by atoms with Gasteiger partial charge in [-0.25, -0.2) is 0 Å². The number of nitriles is 1. The molecule has 0 spiro atoms. The highest BCUT2D eigenvalue weighted by Crippen LogP contribution is 2.15. The van der Waals surface area contributed by atoms with E-state index in [1.54, 1.807) is 0 Å². The molecule has 1 atom stereocenters. The first-order valence-corrected chi connectivity index (χ1v) is 6.32. The van der Waals surface area contributed by atoms with Gasteiger partial charge in [-0.1, -0.05) is 13.8 Å². The third-order valence-electron chi connectivity index (χ3n) is 2.86. The summed E-state index contributed by atoms with van der Waals surface area (Å²) in [6, 6.07) is 4.00. The summed E-state index contributed by atoms with van der Waals surface area (Å²) in [6.07, 6.45) is 2.71. The lowest BCUT2D eigenvalue weighted by atomic mass is 9.94. The molecule has 100 valence electrons. The number of hydrogen-bond donors (Lipinski definition) is 2. The minimum atomic E-state index is -0.680. The Morgan fingerprint density at radius 2 is 2.22 bits per heavy atom. The number of aliphatic hydroxyl groups is 1. The molecular formula is C14H23N3O. The maximum atomic E-state index is 10.1. The largest absolute Gasteiger partial charge is 0.389 e. The Morgan fingerprint density at radius 1 is 1.56 bits per heavy atom. The number of aromatic nitrogens is 1. The van der Waals surface area contributed by atoms with Crippen LogP contribution in [0.25, 0.3) is 0 Å². The fourth-order valence-electron chi connectivity index (χ4n) is 2.27. The van der Waals surface area contributed by atoms with Gasteiger partial charge in [-0.2, -0.15) is 5.26 Å². The third-order valence-corrected chi connectivity index (χ3v) is 2.86. The van der Waals surface area contributed by atoms with Crippen LogP contribution in [0.2, 0.25) is 0 Å². The zero-order valence-corrected chi connectivity index (χ0v) is 11.7. The van der Waals surface area contributed by atoms with Crippen molar-refractivity contribution >= 4 is 0 Å². The molecule has 0 aliphatic heterocycles. The van der Waals surface area contributed by atoms with Crippen LogP contribution >= 0.6 is 0 Å². The van der Waals surface area contributed by atoms with E-state index in [2.05, 4.69) is 25.2 Å². The minimum absolute atomic E-state index is 0.476. The van der Waals surface area contributed by atoms with Crippen molar-refractivity contribution in [2.45, 2.75) is 39.3 Å². The number of hydrogen-bond acceptors (Lipinski definition) is 3. The monoisotopic (exact) mass is 249 g/mol. The van der Waals surface area contributed by atoms with Crippen molar-refractivity contribution in [3.8, 4) is 6.07 Å². The third kappa shape index (κ3) is 4.52. The first kappa shape index (κ1) is 14.7. The van der Waals surface area contributed by atoms with Gasteiger partial charge in [-0.05, 0) is 30.9 Å². The fraction of sp³-hybridized carbons (Fsp3) is 0.643. The molecule has 2 N–H and O–H groups in total. The van der Waals surface area contributed by atoms with Crippen molar-refractivity contribution in [2.24, 2.45) is 13.0 Å². The SMILES string of the molecule is CC(C)CC(C)(O)CNCc1cc(C#N)n(C)c1. The van der Waals surface area contributed by atoms with Gasteiger partial charge in [0.15, 0.2) is 0 Å². The zero-order valence-electron chi connectivity index (χ0n) is 11.7. The Kier molecular flexibility index (Phi) is 4.94. The second kappa shape index (κ2) is 6.03. The average molecular weight is 249 g/mol.